The molecular weight excluding hydrogens is 366 g/mol. The Morgan fingerprint density at radius 1 is 1.07 bits per heavy atom. The maximum atomic E-state index is 12.1. The lowest BCUT2D eigenvalue weighted by Crippen LogP contribution is -2.55. The maximum absolute atomic E-state index is 12.1. The van der Waals surface area contributed by atoms with Gasteiger partial charge in [0.25, 0.3) is 0 Å². The second kappa shape index (κ2) is 9.11. The second-order valence-corrected chi connectivity index (χ2v) is 7.47. The summed E-state index contributed by atoms with van der Waals surface area (Å²) in [5.74, 6) is -0.0223. The third kappa shape index (κ3) is 5.74. The molecule has 0 radical (unpaired) electrons. The summed E-state index contributed by atoms with van der Waals surface area (Å²) in [4.78, 5) is 25.6. The minimum atomic E-state index is -1.01. The maximum Gasteiger partial charge on any atom is 0.410 e. The molecule has 156 valence electrons. The molecule has 1 aliphatic rings. The molecular formula is C19H29N3O6. The smallest absolute Gasteiger partial charge is 0.410 e. The molecule has 0 aromatic heterocycles. The Morgan fingerprint density at radius 3 is 2.18 bits per heavy atom. The number of aliphatic carboxylic acids is 1. The van der Waals surface area contributed by atoms with E-state index in [1.165, 1.54) is 14.2 Å². The number of rotatable bonds is 6. The molecule has 9 heteroatoms. The van der Waals surface area contributed by atoms with Gasteiger partial charge in [-0.15, -0.1) is 0 Å². The molecule has 1 amide bonds. The molecule has 0 spiro atoms. The quantitative estimate of drug-likeness (QED) is 0.753. The summed E-state index contributed by atoms with van der Waals surface area (Å²) >= 11 is 0. The van der Waals surface area contributed by atoms with Crippen molar-refractivity contribution in [1.29, 1.82) is 0 Å². The number of carboxylic acid groups (broad SMARTS) is 1. The van der Waals surface area contributed by atoms with E-state index >= 15 is 0 Å². The van der Waals surface area contributed by atoms with Gasteiger partial charge in [0.15, 0.2) is 11.5 Å². The Bertz CT molecular complexity index is 695. The molecule has 0 aliphatic carbocycles. The van der Waals surface area contributed by atoms with Crippen molar-refractivity contribution in [3.63, 3.8) is 0 Å². The van der Waals surface area contributed by atoms with Gasteiger partial charge in [-0.2, -0.15) is 0 Å². The van der Waals surface area contributed by atoms with Crippen molar-refractivity contribution >= 4 is 12.1 Å². The number of benzene rings is 1. The Balaban J connectivity index is 2.01. The number of ether oxygens (including phenoxy) is 3. The van der Waals surface area contributed by atoms with E-state index in [1.807, 2.05) is 20.8 Å². The predicted octanol–water partition coefficient (Wildman–Crippen LogP) is 1.89. The largest absolute Gasteiger partial charge is 0.493 e. The number of methoxy groups -OCH3 is 2. The molecule has 0 bridgehead atoms. The summed E-state index contributed by atoms with van der Waals surface area (Å²) in [6.07, 6.45) is -0.359. The number of amides is 1. The van der Waals surface area contributed by atoms with Crippen LogP contribution < -0.4 is 14.9 Å². The molecule has 1 aliphatic heterocycles. The molecule has 1 fully saturated rings. The first-order valence-corrected chi connectivity index (χ1v) is 9.08. The van der Waals surface area contributed by atoms with Gasteiger partial charge in [0, 0.05) is 26.2 Å². The van der Waals surface area contributed by atoms with Crippen LogP contribution in [0.4, 0.5) is 4.79 Å². The topological polar surface area (TPSA) is 101 Å². The van der Waals surface area contributed by atoms with E-state index in [2.05, 4.69) is 5.43 Å². The van der Waals surface area contributed by atoms with Gasteiger partial charge in [0.2, 0.25) is 0 Å². The molecule has 9 nitrogen and oxygen atoms in total. The zero-order valence-electron chi connectivity index (χ0n) is 17.0. The van der Waals surface area contributed by atoms with Crippen LogP contribution in [0.5, 0.6) is 11.5 Å². The van der Waals surface area contributed by atoms with Crippen LogP contribution in [0.1, 0.15) is 32.4 Å². The standard InChI is InChI=1S/C19H29N3O6/c1-19(2,3)28-18(25)21-8-10-22(11-9-21)20-16(17(23)24)13-6-7-14(26-4)15(12-13)27-5/h6-7,12,16,20H,8-11H2,1-5H3,(H,23,24). The third-order valence-electron chi connectivity index (χ3n) is 4.23. The molecule has 28 heavy (non-hydrogen) atoms. The number of carbonyl (C=O) groups is 2. The molecule has 2 rings (SSSR count). The zero-order chi connectivity index (χ0) is 20.9. The fourth-order valence-corrected chi connectivity index (χ4v) is 2.83. The van der Waals surface area contributed by atoms with Crippen LogP contribution in [0, 0.1) is 0 Å². The molecule has 2 N–H and O–H groups in total. The highest BCUT2D eigenvalue weighted by Crippen LogP contribution is 2.30. The fraction of sp³-hybridized carbons (Fsp3) is 0.579. The molecule has 1 unspecified atom stereocenters. The summed E-state index contributed by atoms with van der Waals surface area (Å²) in [7, 11) is 3.02. The summed E-state index contributed by atoms with van der Waals surface area (Å²) < 4.78 is 15.8. The van der Waals surface area contributed by atoms with Crippen LogP contribution >= 0.6 is 0 Å². The van der Waals surface area contributed by atoms with Crippen LogP contribution in [0.15, 0.2) is 18.2 Å². The van der Waals surface area contributed by atoms with Crippen LogP contribution in [0.2, 0.25) is 0 Å². The monoisotopic (exact) mass is 395 g/mol. The normalized spacial score (nSPS) is 16.4. The highest BCUT2D eigenvalue weighted by atomic mass is 16.6. The number of nitrogens with zero attached hydrogens (tertiary/aromatic N) is 2. The van der Waals surface area contributed by atoms with E-state index < -0.39 is 17.6 Å². The highest BCUT2D eigenvalue weighted by Gasteiger charge is 2.29. The Morgan fingerprint density at radius 2 is 1.68 bits per heavy atom. The molecule has 0 saturated carbocycles. The van der Waals surface area contributed by atoms with Crippen molar-refractivity contribution in [2.24, 2.45) is 0 Å². The number of nitrogens with one attached hydrogen (secondary N) is 1. The zero-order valence-corrected chi connectivity index (χ0v) is 17.0. The van der Waals surface area contributed by atoms with E-state index in [0.717, 1.165) is 0 Å². The first-order chi connectivity index (χ1) is 13.1. The second-order valence-electron chi connectivity index (χ2n) is 7.47. The third-order valence-corrected chi connectivity index (χ3v) is 4.23. The van der Waals surface area contributed by atoms with Gasteiger partial charge in [-0.05, 0) is 38.5 Å². The van der Waals surface area contributed by atoms with Crippen LogP contribution in [0.25, 0.3) is 0 Å². The molecule has 1 atom stereocenters. The average molecular weight is 395 g/mol. The minimum absolute atomic E-state index is 0.359. The number of hydrazine groups is 1. The summed E-state index contributed by atoms with van der Waals surface area (Å²) in [5.41, 5.74) is 3.02. The number of carboxylic acids is 1. The summed E-state index contributed by atoms with van der Waals surface area (Å²) in [5, 5.41) is 11.5. The highest BCUT2D eigenvalue weighted by molar-refractivity contribution is 5.76. The summed E-state index contributed by atoms with van der Waals surface area (Å²) in [6.45, 7) is 7.32. The number of hydrogen-bond acceptors (Lipinski definition) is 7. The fourth-order valence-electron chi connectivity index (χ4n) is 2.83. The Labute approximate surface area is 165 Å². The molecule has 1 aromatic rings. The number of hydrogen-bond donors (Lipinski definition) is 2. The predicted molar refractivity (Wildman–Crippen MR) is 102 cm³/mol. The molecule has 1 heterocycles. The van der Waals surface area contributed by atoms with Gasteiger partial charge in [0.05, 0.1) is 14.2 Å². The van der Waals surface area contributed by atoms with E-state index in [0.29, 0.717) is 43.2 Å². The van der Waals surface area contributed by atoms with Crippen molar-refractivity contribution in [2.45, 2.75) is 32.4 Å². The lowest BCUT2D eigenvalue weighted by Gasteiger charge is -2.36. The van der Waals surface area contributed by atoms with E-state index in [-0.39, 0.29) is 6.09 Å². The summed E-state index contributed by atoms with van der Waals surface area (Å²) in [6, 6.07) is 4.05. The van der Waals surface area contributed by atoms with Crippen LogP contribution in [0.3, 0.4) is 0 Å². The van der Waals surface area contributed by atoms with Gasteiger partial charge in [0.1, 0.15) is 11.6 Å². The number of carbonyl (C=O) groups excluding carboxylic acids is 1. The SMILES string of the molecule is COc1ccc(C(NN2CCN(C(=O)OC(C)(C)C)CC2)C(=O)O)cc1OC. The molecule has 1 saturated heterocycles. The van der Waals surface area contributed by atoms with Crippen LogP contribution in [-0.4, -0.2) is 73.1 Å². The van der Waals surface area contributed by atoms with E-state index in [9.17, 15) is 14.7 Å². The van der Waals surface area contributed by atoms with Crippen molar-refractivity contribution in [3.05, 3.63) is 23.8 Å². The van der Waals surface area contributed by atoms with Gasteiger partial charge in [-0.1, -0.05) is 6.07 Å². The van der Waals surface area contributed by atoms with E-state index in [1.54, 1.807) is 28.1 Å². The lowest BCUT2D eigenvalue weighted by molar-refractivity contribution is -0.141. The lowest BCUT2D eigenvalue weighted by atomic mass is 10.1. The van der Waals surface area contributed by atoms with Crippen molar-refractivity contribution in [3.8, 4) is 11.5 Å². The number of piperazine rings is 1. The first-order valence-electron chi connectivity index (χ1n) is 9.08. The van der Waals surface area contributed by atoms with Gasteiger partial charge in [-0.3, -0.25) is 4.79 Å². The first kappa shape index (κ1) is 21.8. The molecule has 1 aromatic carbocycles. The van der Waals surface area contributed by atoms with Crippen LogP contribution in [-0.2, 0) is 9.53 Å². The van der Waals surface area contributed by atoms with Crippen molar-refractivity contribution < 1.29 is 28.9 Å². The van der Waals surface area contributed by atoms with Gasteiger partial charge < -0.3 is 24.2 Å². The Kier molecular flexibility index (Phi) is 7.09. The minimum Gasteiger partial charge on any atom is -0.493 e. The Hall–Kier alpha value is -2.52. The van der Waals surface area contributed by atoms with E-state index in [4.69, 9.17) is 14.2 Å². The van der Waals surface area contributed by atoms with Crippen molar-refractivity contribution in [2.75, 3.05) is 40.4 Å². The van der Waals surface area contributed by atoms with Gasteiger partial charge in [-0.25, -0.2) is 15.2 Å². The van der Waals surface area contributed by atoms with Crippen molar-refractivity contribution in [1.82, 2.24) is 15.3 Å². The van der Waals surface area contributed by atoms with Gasteiger partial charge >= 0.3 is 12.1 Å². The average Bonchev–Trinajstić information content (AvgIpc) is 2.64.